The summed E-state index contributed by atoms with van der Waals surface area (Å²) in [5.41, 5.74) is 1.08. The molecule has 0 unspecified atom stereocenters. The Morgan fingerprint density at radius 2 is 1.47 bits per heavy atom. The zero-order valence-corrected chi connectivity index (χ0v) is 18.1. The van der Waals surface area contributed by atoms with Gasteiger partial charge in [0.2, 0.25) is 5.91 Å². The number of hydrogen-bond donors (Lipinski definition) is 1. The predicted molar refractivity (Wildman–Crippen MR) is 117 cm³/mol. The zero-order valence-electron chi connectivity index (χ0n) is 17.3. The molecule has 0 heterocycles. The molecular formula is C23H22F2N2O4S. The highest BCUT2D eigenvalue weighted by Crippen LogP contribution is 2.24. The normalized spacial score (nSPS) is 11.1. The highest BCUT2D eigenvalue weighted by Gasteiger charge is 2.27. The van der Waals surface area contributed by atoms with Crippen molar-refractivity contribution in [3.63, 3.8) is 0 Å². The molecule has 6 nitrogen and oxygen atoms in total. The van der Waals surface area contributed by atoms with Gasteiger partial charge in [0.15, 0.2) is 0 Å². The van der Waals surface area contributed by atoms with E-state index in [2.05, 4.69) is 5.32 Å². The molecule has 0 fully saturated rings. The van der Waals surface area contributed by atoms with Crippen LogP contribution in [0.2, 0.25) is 0 Å². The molecule has 1 amide bonds. The zero-order chi connectivity index (χ0) is 23.1. The van der Waals surface area contributed by atoms with Crippen molar-refractivity contribution in [3.05, 3.63) is 90.0 Å². The van der Waals surface area contributed by atoms with E-state index in [0.717, 1.165) is 52.0 Å². The van der Waals surface area contributed by atoms with Gasteiger partial charge in [-0.2, -0.15) is 0 Å². The van der Waals surface area contributed by atoms with Gasteiger partial charge in [-0.1, -0.05) is 12.1 Å². The van der Waals surface area contributed by atoms with E-state index in [1.807, 2.05) is 24.3 Å². The SMILES string of the molecule is COc1ccc(CCNC(=O)CN(c2ccc(F)cc2)S(=O)(=O)c2ccc(F)cc2)cc1. The van der Waals surface area contributed by atoms with Crippen LogP contribution in [0.4, 0.5) is 14.5 Å². The van der Waals surface area contributed by atoms with Crippen LogP contribution in [-0.2, 0) is 21.2 Å². The monoisotopic (exact) mass is 460 g/mol. The number of anilines is 1. The minimum atomic E-state index is -4.19. The molecule has 1 N–H and O–H groups in total. The smallest absolute Gasteiger partial charge is 0.264 e. The fourth-order valence-electron chi connectivity index (χ4n) is 2.98. The lowest BCUT2D eigenvalue weighted by Gasteiger charge is -2.24. The summed E-state index contributed by atoms with van der Waals surface area (Å²) in [7, 11) is -2.62. The molecule has 3 aromatic rings. The maximum atomic E-state index is 13.4. The molecule has 0 aliphatic heterocycles. The van der Waals surface area contributed by atoms with Gasteiger partial charge in [-0.25, -0.2) is 17.2 Å². The van der Waals surface area contributed by atoms with Crippen LogP contribution in [0.3, 0.4) is 0 Å². The molecule has 0 atom stereocenters. The largest absolute Gasteiger partial charge is 0.497 e. The van der Waals surface area contributed by atoms with E-state index < -0.39 is 34.1 Å². The van der Waals surface area contributed by atoms with Crippen LogP contribution in [0.15, 0.2) is 77.7 Å². The van der Waals surface area contributed by atoms with Gasteiger partial charge >= 0.3 is 0 Å². The average molecular weight is 461 g/mol. The summed E-state index contributed by atoms with van der Waals surface area (Å²) in [6.07, 6.45) is 0.539. The third-order valence-corrected chi connectivity index (χ3v) is 6.49. The van der Waals surface area contributed by atoms with Gasteiger partial charge < -0.3 is 10.1 Å². The Balaban J connectivity index is 1.73. The lowest BCUT2D eigenvalue weighted by Crippen LogP contribution is -2.41. The van der Waals surface area contributed by atoms with Crippen LogP contribution in [0, 0.1) is 11.6 Å². The number of nitrogens with one attached hydrogen (secondary N) is 1. The quantitative estimate of drug-likeness (QED) is 0.530. The van der Waals surface area contributed by atoms with E-state index in [9.17, 15) is 22.0 Å². The van der Waals surface area contributed by atoms with Crippen LogP contribution in [0.1, 0.15) is 5.56 Å². The second-order valence-electron chi connectivity index (χ2n) is 6.89. The Bertz CT molecular complexity index is 1150. The number of ether oxygens (including phenoxy) is 1. The first-order valence-corrected chi connectivity index (χ1v) is 11.2. The Hall–Kier alpha value is -3.46. The van der Waals surface area contributed by atoms with Gasteiger partial charge in [0.25, 0.3) is 10.0 Å². The highest BCUT2D eigenvalue weighted by molar-refractivity contribution is 7.92. The Labute approximate surface area is 185 Å². The number of carbonyl (C=O) groups excluding carboxylic acids is 1. The topological polar surface area (TPSA) is 75.7 Å². The van der Waals surface area contributed by atoms with Crippen LogP contribution >= 0.6 is 0 Å². The van der Waals surface area contributed by atoms with Crippen molar-refractivity contribution >= 4 is 21.6 Å². The third kappa shape index (κ3) is 5.82. The second-order valence-corrected chi connectivity index (χ2v) is 8.75. The van der Waals surface area contributed by atoms with E-state index in [1.54, 1.807) is 7.11 Å². The molecule has 0 bridgehead atoms. The number of methoxy groups -OCH3 is 1. The fraction of sp³-hybridized carbons (Fsp3) is 0.174. The number of carbonyl (C=O) groups is 1. The Morgan fingerprint density at radius 1 is 0.906 bits per heavy atom. The van der Waals surface area contributed by atoms with E-state index in [1.165, 1.54) is 12.1 Å². The molecular weight excluding hydrogens is 438 g/mol. The van der Waals surface area contributed by atoms with Crippen LogP contribution in [0.5, 0.6) is 5.75 Å². The maximum absolute atomic E-state index is 13.4. The van der Waals surface area contributed by atoms with Crippen molar-refractivity contribution in [2.45, 2.75) is 11.3 Å². The molecule has 0 aliphatic carbocycles. The third-order valence-electron chi connectivity index (χ3n) is 4.70. The van der Waals surface area contributed by atoms with Gasteiger partial charge in [-0.3, -0.25) is 9.10 Å². The van der Waals surface area contributed by atoms with E-state index in [0.29, 0.717) is 13.0 Å². The van der Waals surface area contributed by atoms with Crippen LogP contribution in [-0.4, -0.2) is 34.5 Å². The van der Waals surface area contributed by atoms with Gasteiger partial charge in [0.1, 0.15) is 23.9 Å². The van der Waals surface area contributed by atoms with E-state index in [-0.39, 0.29) is 10.6 Å². The van der Waals surface area contributed by atoms with Crippen molar-refractivity contribution in [3.8, 4) is 5.75 Å². The van der Waals surface area contributed by atoms with Crippen LogP contribution < -0.4 is 14.4 Å². The first-order valence-electron chi connectivity index (χ1n) is 9.73. The molecule has 9 heteroatoms. The number of nitrogens with zero attached hydrogens (tertiary/aromatic N) is 1. The van der Waals surface area contributed by atoms with Gasteiger partial charge in [-0.15, -0.1) is 0 Å². The second kappa shape index (κ2) is 10.2. The number of benzene rings is 3. The van der Waals surface area contributed by atoms with Gasteiger partial charge in [0, 0.05) is 6.54 Å². The van der Waals surface area contributed by atoms with Crippen molar-refractivity contribution in [2.75, 3.05) is 24.5 Å². The minimum absolute atomic E-state index is 0.112. The number of hydrogen-bond acceptors (Lipinski definition) is 4. The summed E-state index contributed by atoms with van der Waals surface area (Å²) in [6.45, 7) is -0.229. The Kier molecular flexibility index (Phi) is 7.42. The number of amides is 1. The first-order chi connectivity index (χ1) is 15.3. The summed E-state index contributed by atoms with van der Waals surface area (Å²) >= 11 is 0. The molecule has 0 radical (unpaired) electrons. The van der Waals surface area contributed by atoms with E-state index in [4.69, 9.17) is 4.74 Å². The standard InChI is InChI=1S/C23H22F2N2O4S/c1-31-21-10-2-17(3-11-21)14-15-26-23(28)16-27(20-8-4-18(24)5-9-20)32(29,30)22-12-6-19(25)7-13-22/h2-13H,14-16H2,1H3,(H,26,28). The van der Waals surface area contributed by atoms with Crippen molar-refractivity contribution in [1.82, 2.24) is 5.32 Å². The molecule has 0 spiro atoms. The number of halogens is 2. The number of rotatable bonds is 9. The lowest BCUT2D eigenvalue weighted by molar-refractivity contribution is -0.119. The molecule has 3 aromatic carbocycles. The maximum Gasteiger partial charge on any atom is 0.264 e. The first kappa shape index (κ1) is 23.2. The summed E-state index contributed by atoms with van der Waals surface area (Å²) in [5, 5.41) is 2.69. The summed E-state index contributed by atoms with van der Waals surface area (Å²) in [4.78, 5) is 12.4. The van der Waals surface area contributed by atoms with Crippen molar-refractivity contribution in [2.24, 2.45) is 0 Å². The molecule has 0 aromatic heterocycles. The van der Waals surface area contributed by atoms with Gasteiger partial charge in [0.05, 0.1) is 17.7 Å². The predicted octanol–water partition coefficient (Wildman–Crippen LogP) is 3.53. The highest BCUT2D eigenvalue weighted by atomic mass is 32.2. The average Bonchev–Trinajstić information content (AvgIpc) is 2.79. The van der Waals surface area contributed by atoms with Crippen molar-refractivity contribution in [1.29, 1.82) is 0 Å². The number of sulfonamides is 1. The fourth-order valence-corrected chi connectivity index (χ4v) is 4.40. The molecule has 0 saturated carbocycles. The minimum Gasteiger partial charge on any atom is -0.497 e. The van der Waals surface area contributed by atoms with Crippen molar-refractivity contribution < 1.29 is 26.7 Å². The lowest BCUT2D eigenvalue weighted by atomic mass is 10.1. The molecule has 168 valence electrons. The summed E-state index contributed by atoms with van der Waals surface area (Å²) in [5.74, 6) is -0.947. The summed E-state index contributed by atoms with van der Waals surface area (Å²) in [6, 6.07) is 16.4. The molecule has 0 saturated heterocycles. The summed E-state index contributed by atoms with van der Waals surface area (Å²) < 4.78 is 58.9. The molecule has 0 aliphatic rings. The van der Waals surface area contributed by atoms with E-state index >= 15 is 0 Å². The molecule has 32 heavy (non-hydrogen) atoms. The Morgan fingerprint density at radius 3 is 2.03 bits per heavy atom. The molecule has 3 rings (SSSR count). The van der Waals surface area contributed by atoms with Crippen LogP contribution in [0.25, 0.3) is 0 Å². The van der Waals surface area contributed by atoms with Gasteiger partial charge in [-0.05, 0) is 72.6 Å².